The van der Waals surface area contributed by atoms with Crippen LogP contribution in [0.2, 0.25) is 0 Å². The number of aliphatic carboxylic acids is 1. The van der Waals surface area contributed by atoms with Gasteiger partial charge in [-0.1, -0.05) is 6.92 Å². The first kappa shape index (κ1) is 20.2. The fourth-order valence-electron chi connectivity index (χ4n) is 2.65. The average Bonchev–Trinajstić information content (AvgIpc) is 3.02. The summed E-state index contributed by atoms with van der Waals surface area (Å²) in [7, 11) is -4.29. The third-order valence-electron chi connectivity index (χ3n) is 4.12. The van der Waals surface area contributed by atoms with Gasteiger partial charge in [0.25, 0.3) is 0 Å². The van der Waals surface area contributed by atoms with Crippen molar-refractivity contribution < 1.29 is 36.3 Å². The Morgan fingerprint density at radius 3 is 2.23 bits per heavy atom. The topological polar surface area (TPSA) is 104 Å². The standard InChI is InChI=1S/C15H17F3N2O5S/c1-2-13(21)19-9-3-5-10(6-4-9)26(24,25)20-7-11(14(22)23)12(8-20)15(16,17)18/h3-6,11-12H,2,7-8H2,1H3,(H,19,21)(H,22,23)/t11-,12-/m1/s1. The molecule has 1 aromatic carbocycles. The maximum absolute atomic E-state index is 13.0. The zero-order valence-corrected chi connectivity index (χ0v) is 14.5. The molecule has 1 aliphatic rings. The van der Waals surface area contributed by atoms with Crippen molar-refractivity contribution in [2.24, 2.45) is 11.8 Å². The molecule has 2 N–H and O–H groups in total. The molecule has 2 rings (SSSR count). The molecule has 1 amide bonds. The quantitative estimate of drug-likeness (QED) is 0.794. The summed E-state index contributed by atoms with van der Waals surface area (Å²) >= 11 is 0. The average molecular weight is 394 g/mol. The SMILES string of the molecule is CCC(=O)Nc1ccc(S(=O)(=O)N2C[C@@H](C(F)(F)F)[C@H](C(=O)O)C2)cc1. The van der Waals surface area contributed by atoms with Gasteiger partial charge in [-0.2, -0.15) is 17.5 Å². The summed E-state index contributed by atoms with van der Waals surface area (Å²) in [6, 6.07) is 4.92. The van der Waals surface area contributed by atoms with Gasteiger partial charge in [-0.05, 0) is 24.3 Å². The molecule has 0 spiro atoms. The lowest BCUT2D eigenvalue weighted by Gasteiger charge is -2.18. The van der Waals surface area contributed by atoms with Gasteiger partial charge in [0.15, 0.2) is 0 Å². The molecule has 1 heterocycles. The van der Waals surface area contributed by atoms with E-state index in [1.165, 1.54) is 12.1 Å². The van der Waals surface area contributed by atoms with Crippen molar-refractivity contribution in [3.05, 3.63) is 24.3 Å². The van der Waals surface area contributed by atoms with E-state index < -0.39 is 47.1 Å². The van der Waals surface area contributed by atoms with Gasteiger partial charge in [0.2, 0.25) is 15.9 Å². The van der Waals surface area contributed by atoms with Crippen molar-refractivity contribution in [2.45, 2.75) is 24.4 Å². The molecule has 11 heteroatoms. The molecule has 7 nitrogen and oxygen atoms in total. The van der Waals surface area contributed by atoms with Crippen molar-refractivity contribution >= 4 is 27.6 Å². The van der Waals surface area contributed by atoms with Crippen LogP contribution in [0, 0.1) is 11.8 Å². The van der Waals surface area contributed by atoms with Crippen molar-refractivity contribution in [1.29, 1.82) is 0 Å². The smallest absolute Gasteiger partial charge is 0.393 e. The number of nitrogens with zero attached hydrogens (tertiary/aromatic N) is 1. The summed E-state index contributed by atoms with van der Waals surface area (Å²) < 4.78 is 64.7. The number of carbonyl (C=O) groups is 2. The van der Waals surface area contributed by atoms with Crippen LogP contribution in [-0.2, 0) is 19.6 Å². The molecule has 1 fully saturated rings. The number of benzene rings is 1. The fraction of sp³-hybridized carbons (Fsp3) is 0.467. The minimum absolute atomic E-state index is 0.225. The lowest BCUT2D eigenvalue weighted by Crippen LogP contribution is -2.34. The Kier molecular flexibility index (Phi) is 5.61. The summed E-state index contributed by atoms with van der Waals surface area (Å²) in [5.74, 6) is -6.09. The molecule has 1 aromatic rings. The molecule has 0 aliphatic carbocycles. The first-order valence-corrected chi connectivity index (χ1v) is 9.10. The molecule has 0 radical (unpaired) electrons. The van der Waals surface area contributed by atoms with Crippen LogP contribution < -0.4 is 5.32 Å². The van der Waals surface area contributed by atoms with E-state index in [0.717, 1.165) is 12.1 Å². The minimum Gasteiger partial charge on any atom is -0.481 e. The number of halogens is 3. The highest BCUT2D eigenvalue weighted by atomic mass is 32.2. The van der Waals surface area contributed by atoms with E-state index in [1.54, 1.807) is 6.92 Å². The first-order chi connectivity index (χ1) is 12.0. The maximum atomic E-state index is 13.0. The molecule has 0 bridgehead atoms. The number of carboxylic acid groups (broad SMARTS) is 1. The summed E-state index contributed by atoms with van der Waals surface area (Å²) in [5.41, 5.74) is 0.341. The first-order valence-electron chi connectivity index (χ1n) is 7.66. The zero-order valence-electron chi connectivity index (χ0n) is 13.7. The van der Waals surface area contributed by atoms with E-state index in [2.05, 4.69) is 5.32 Å². The van der Waals surface area contributed by atoms with Crippen LogP contribution in [0.25, 0.3) is 0 Å². The molecule has 144 valence electrons. The number of hydrogen-bond acceptors (Lipinski definition) is 4. The van der Waals surface area contributed by atoms with Crippen LogP contribution in [0.5, 0.6) is 0 Å². The Morgan fingerprint density at radius 1 is 1.23 bits per heavy atom. The highest BCUT2D eigenvalue weighted by molar-refractivity contribution is 7.89. The number of nitrogens with one attached hydrogen (secondary N) is 1. The maximum Gasteiger partial charge on any atom is 0.393 e. The zero-order chi connectivity index (χ0) is 19.7. The third kappa shape index (κ3) is 4.15. The second-order valence-electron chi connectivity index (χ2n) is 5.84. The van der Waals surface area contributed by atoms with Crippen molar-refractivity contribution in [3.8, 4) is 0 Å². The normalized spacial score (nSPS) is 21.5. The van der Waals surface area contributed by atoms with Crippen LogP contribution in [0.15, 0.2) is 29.2 Å². The molecule has 0 saturated carbocycles. The number of alkyl halides is 3. The fourth-order valence-corrected chi connectivity index (χ4v) is 4.15. The molecule has 0 aromatic heterocycles. The summed E-state index contributed by atoms with van der Waals surface area (Å²) in [5, 5.41) is 11.5. The van der Waals surface area contributed by atoms with Crippen molar-refractivity contribution in [3.63, 3.8) is 0 Å². The minimum atomic E-state index is -4.82. The Morgan fingerprint density at radius 2 is 1.81 bits per heavy atom. The van der Waals surface area contributed by atoms with Crippen molar-refractivity contribution in [1.82, 2.24) is 4.31 Å². The summed E-state index contributed by atoms with van der Waals surface area (Å²) in [6.45, 7) is -0.0647. The summed E-state index contributed by atoms with van der Waals surface area (Å²) in [4.78, 5) is 22.1. The molecule has 1 saturated heterocycles. The van der Waals surface area contributed by atoms with Gasteiger partial charge in [0.05, 0.1) is 16.7 Å². The van der Waals surface area contributed by atoms with E-state index in [-0.39, 0.29) is 17.2 Å². The van der Waals surface area contributed by atoms with Gasteiger partial charge in [-0.25, -0.2) is 8.42 Å². The third-order valence-corrected chi connectivity index (χ3v) is 5.97. The number of anilines is 1. The number of sulfonamides is 1. The predicted molar refractivity (Wildman–Crippen MR) is 84.8 cm³/mol. The molecule has 26 heavy (non-hydrogen) atoms. The van der Waals surface area contributed by atoms with Gasteiger partial charge in [-0.3, -0.25) is 9.59 Å². The highest BCUT2D eigenvalue weighted by Gasteiger charge is 2.54. The molecule has 1 aliphatic heterocycles. The second-order valence-corrected chi connectivity index (χ2v) is 7.78. The van der Waals surface area contributed by atoms with Gasteiger partial charge in [0.1, 0.15) is 0 Å². The lowest BCUT2D eigenvalue weighted by molar-refractivity contribution is -0.187. The van der Waals surface area contributed by atoms with Crippen LogP contribution >= 0.6 is 0 Å². The van der Waals surface area contributed by atoms with E-state index >= 15 is 0 Å². The van der Waals surface area contributed by atoms with E-state index in [1.807, 2.05) is 0 Å². The van der Waals surface area contributed by atoms with E-state index in [9.17, 15) is 31.2 Å². The Hall–Kier alpha value is -2.14. The second kappa shape index (κ2) is 7.23. The lowest BCUT2D eigenvalue weighted by atomic mass is 9.96. The van der Waals surface area contributed by atoms with Crippen LogP contribution in [0.1, 0.15) is 13.3 Å². The highest BCUT2D eigenvalue weighted by Crippen LogP contribution is 2.39. The number of carbonyl (C=O) groups excluding carboxylic acids is 1. The Balaban J connectivity index is 2.24. The Bertz CT molecular complexity index is 792. The molecular weight excluding hydrogens is 377 g/mol. The van der Waals surface area contributed by atoms with E-state index in [4.69, 9.17) is 5.11 Å². The van der Waals surface area contributed by atoms with Gasteiger partial charge < -0.3 is 10.4 Å². The monoisotopic (exact) mass is 394 g/mol. The Labute approximate surface area is 147 Å². The van der Waals surface area contributed by atoms with Gasteiger partial charge >= 0.3 is 12.1 Å². The van der Waals surface area contributed by atoms with Crippen LogP contribution in [0.3, 0.4) is 0 Å². The summed E-state index contributed by atoms with van der Waals surface area (Å²) in [6.07, 6.45) is -4.59. The van der Waals surface area contributed by atoms with Crippen LogP contribution in [0.4, 0.5) is 18.9 Å². The van der Waals surface area contributed by atoms with Gasteiger partial charge in [-0.15, -0.1) is 0 Å². The van der Waals surface area contributed by atoms with Gasteiger partial charge in [0, 0.05) is 25.2 Å². The molecule has 0 unspecified atom stereocenters. The predicted octanol–water partition coefficient (Wildman–Crippen LogP) is 1.92. The number of amides is 1. The molecular formula is C15H17F3N2O5S. The number of carboxylic acids is 1. The number of rotatable bonds is 5. The van der Waals surface area contributed by atoms with Crippen LogP contribution in [-0.4, -0.2) is 49.0 Å². The largest absolute Gasteiger partial charge is 0.481 e. The number of hydrogen-bond donors (Lipinski definition) is 2. The van der Waals surface area contributed by atoms with Crippen molar-refractivity contribution in [2.75, 3.05) is 18.4 Å². The van der Waals surface area contributed by atoms with E-state index in [0.29, 0.717) is 9.99 Å². The molecule has 2 atom stereocenters.